The Morgan fingerprint density at radius 1 is 1.23 bits per heavy atom. The highest BCUT2D eigenvalue weighted by molar-refractivity contribution is 6.30. The van der Waals surface area contributed by atoms with Crippen molar-refractivity contribution in [1.29, 1.82) is 0 Å². The minimum atomic E-state index is -0.368. The minimum absolute atomic E-state index is 0.0827. The lowest BCUT2D eigenvalue weighted by molar-refractivity contribution is -0.118. The van der Waals surface area contributed by atoms with Gasteiger partial charge in [0, 0.05) is 31.5 Å². The van der Waals surface area contributed by atoms with Gasteiger partial charge >= 0.3 is 0 Å². The number of imidazole rings is 1. The molecule has 1 amide bonds. The summed E-state index contributed by atoms with van der Waals surface area (Å²) in [7, 11) is 0. The predicted octanol–water partition coefficient (Wildman–Crippen LogP) is 5.30. The molecule has 0 spiro atoms. The molecule has 0 radical (unpaired) electrons. The van der Waals surface area contributed by atoms with Gasteiger partial charge in [-0.25, -0.2) is 9.37 Å². The molecule has 6 nitrogen and oxygen atoms in total. The van der Waals surface area contributed by atoms with Crippen molar-refractivity contribution >= 4 is 23.5 Å². The molecule has 1 aliphatic rings. The van der Waals surface area contributed by atoms with Crippen molar-refractivity contribution < 1.29 is 9.18 Å². The maximum absolute atomic E-state index is 13.8. The molecule has 3 rings (SSSR count). The van der Waals surface area contributed by atoms with Crippen LogP contribution in [0.5, 0.6) is 0 Å². The Labute approximate surface area is 214 Å². The van der Waals surface area contributed by atoms with Crippen LogP contribution in [-0.2, 0) is 23.2 Å². The average Bonchev–Trinajstić information content (AvgIpc) is 3.22. The maximum atomic E-state index is 13.8. The first kappa shape index (κ1) is 27.6. The molecule has 8 heteroatoms. The first-order valence-electron chi connectivity index (χ1n) is 12.7. The van der Waals surface area contributed by atoms with Gasteiger partial charge in [0.2, 0.25) is 11.9 Å². The van der Waals surface area contributed by atoms with Crippen molar-refractivity contribution in [2.45, 2.75) is 91.3 Å². The molecule has 0 saturated carbocycles. The first-order chi connectivity index (χ1) is 16.4. The third-order valence-electron chi connectivity index (χ3n) is 6.54. The maximum Gasteiger partial charge on any atom is 0.243 e. The van der Waals surface area contributed by atoms with Gasteiger partial charge in [-0.3, -0.25) is 10.1 Å². The molecular weight excluding hydrogens is 465 g/mol. The highest BCUT2D eigenvalue weighted by Crippen LogP contribution is 2.27. The summed E-state index contributed by atoms with van der Waals surface area (Å²) < 4.78 is 15.9. The Hall–Kier alpha value is -1.96. The van der Waals surface area contributed by atoms with Gasteiger partial charge in [-0.15, -0.1) is 0 Å². The number of carbonyl (C=O) groups excluding carboxylic acids is 1. The van der Waals surface area contributed by atoms with E-state index in [4.69, 9.17) is 11.6 Å². The number of carbonyl (C=O) groups is 1. The van der Waals surface area contributed by atoms with Crippen molar-refractivity contribution in [3.63, 3.8) is 0 Å². The summed E-state index contributed by atoms with van der Waals surface area (Å²) in [5, 5.41) is 10.3. The standard InChI is InChI=1S/C27H41ClFN5O/c1-7-8-23(32-20-10-9-18-15-22(29)21(28)14-19(18)13-20)24(35)33-25-31-11-12-34(25)27(5,6)17-30-16-26(2,3)4/h11-12,14-15,20,23,30,32H,7-10,13,16-17H2,1-6H3,(H,31,33,35)/t20-,23-/m0/s1. The first-order valence-corrected chi connectivity index (χ1v) is 13.1. The van der Waals surface area contributed by atoms with Gasteiger partial charge in [0.05, 0.1) is 16.6 Å². The average molecular weight is 506 g/mol. The summed E-state index contributed by atoms with van der Waals surface area (Å²) in [4.78, 5) is 17.8. The van der Waals surface area contributed by atoms with Gasteiger partial charge in [-0.05, 0) is 68.2 Å². The fraction of sp³-hybridized carbons (Fsp3) is 0.630. The van der Waals surface area contributed by atoms with Crippen molar-refractivity contribution in [2.24, 2.45) is 5.41 Å². The van der Waals surface area contributed by atoms with Crippen LogP contribution < -0.4 is 16.0 Å². The molecule has 0 unspecified atom stereocenters. The molecule has 3 N–H and O–H groups in total. The normalized spacial score (nSPS) is 17.2. The second-order valence-electron chi connectivity index (χ2n) is 11.6. The zero-order valence-corrected chi connectivity index (χ0v) is 22.7. The highest BCUT2D eigenvalue weighted by Gasteiger charge is 2.28. The molecule has 1 aromatic heterocycles. The summed E-state index contributed by atoms with van der Waals surface area (Å²) in [6.45, 7) is 14.6. The quantitative estimate of drug-likeness (QED) is 0.409. The van der Waals surface area contributed by atoms with Gasteiger partial charge in [0.1, 0.15) is 5.82 Å². The molecule has 194 valence electrons. The number of hydrogen-bond donors (Lipinski definition) is 3. The Balaban J connectivity index is 1.66. The van der Waals surface area contributed by atoms with E-state index >= 15 is 0 Å². The summed E-state index contributed by atoms with van der Waals surface area (Å²) in [5.41, 5.74) is 1.99. The lowest BCUT2D eigenvalue weighted by atomic mass is 9.87. The van der Waals surface area contributed by atoms with Gasteiger partial charge in [0.15, 0.2) is 0 Å². The van der Waals surface area contributed by atoms with Gasteiger partial charge in [-0.2, -0.15) is 0 Å². The van der Waals surface area contributed by atoms with Crippen LogP contribution in [0.2, 0.25) is 5.02 Å². The Bertz CT molecular complexity index is 1010. The molecule has 0 bridgehead atoms. The molecule has 1 aromatic carbocycles. The number of halogens is 2. The summed E-state index contributed by atoms with van der Waals surface area (Å²) >= 11 is 6.01. The van der Waals surface area contributed by atoms with E-state index in [1.165, 1.54) is 0 Å². The monoisotopic (exact) mass is 505 g/mol. The molecule has 1 aliphatic carbocycles. The van der Waals surface area contributed by atoms with Gasteiger partial charge in [0.25, 0.3) is 0 Å². The largest absolute Gasteiger partial charge is 0.314 e. The van der Waals surface area contributed by atoms with Crippen molar-refractivity contribution in [2.75, 3.05) is 18.4 Å². The molecular formula is C27H41ClFN5O. The number of aromatic nitrogens is 2. The summed E-state index contributed by atoms with van der Waals surface area (Å²) in [6.07, 6.45) is 7.58. The van der Waals surface area contributed by atoms with E-state index < -0.39 is 0 Å². The summed E-state index contributed by atoms with van der Waals surface area (Å²) in [5.74, 6) is 0.101. The molecule has 0 aliphatic heterocycles. The Morgan fingerprint density at radius 3 is 2.66 bits per heavy atom. The zero-order chi connectivity index (χ0) is 25.8. The molecule has 0 fully saturated rings. The van der Waals surface area contributed by atoms with E-state index in [0.717, 1.165) is 56.3 Å². The zero-order valence-electron chi connectivity index (χ0n) is 22.0. The van der Waals surface area contributed by atoms with Crippen molar-refractivity contribution in [1.82, 2.24) is 20.2 Å². The molecule has 1 heterocycles. The molecule has 2 aromatic rings. The number of benzene rings is 1. The second-order valence-corrected chi connectivity index (χ2v) is 12.0. The number of aryl methyl sites for hydroxylation is 1. The van der Waals surface area contributed by atoms with E-state index in [9.17, 15) is 9.18 Å². The van der Waals surface area contributed by atoms with Crippen LogP contribution in [0.4, 0.5) is 10.3 Å². The lowest BCUT2D eigenvalue weighted by Crippen LogP contribution is -2.48. The number of rotatable bonds is 10. The fourth-order valence-corrected chi connectivity index (χ4v) is 4.85. The Morgan fingerprint density at radius 2 is 1.97 bits per heavy atom. The second kappa shape index (κ2) is 11.4. The van der Waals surface area contributed by atoms with Crippen LogP contribution in [0, 0.1) is 11.2 Å². The number of amides is 1. The van der Waals surface area contributed by atoms with Crippen LogP contribution in [0.1, 0.15) is 71.9 Å². The number of anilines is 1. The summed E-state index contributed by atoms with van der Waals surface area (Å²) in [6, 6.07) is 3.06. The fourth-order valence-electron chi connectivity index (χ4n) is 4.67. The third-order valence-corrected chi connectivity index (χ3v) is 6.83. The van der Waals surface area contributed by atoms with E-state index in [2.05, 4.69) is 62.5 Å². The smallest absolute Gasteiger partial charge is 0.243 e. The third kappa shape index (κ3) is 7.51. The SMILES string of the molecule is CCC[C@H](N[C@H]1CCc2cc(F)c(Cl)cc2C1)C(=O)Nc1nccn1C(C)(C)CNCC(C)(C)C. The number of fused-ring (bicyclic) bond motifs is 1. The number of nitrogens with zero attached hydrogens (tertiary/aromatic N) is 2. The van der Waals surface area contributed by atoms with Gasteiger partial charge in [-0.1, -0.05) is 45.7 Å². The van der Waals surface area contributed by atoms with Crippen molar-refractivity contribution in [3.8, 4) is 0 Å². The topological polar surface area (TPSA) is 71.0 Å². The minimum Gasteiger partial charge on any atom is -0.314 e. The van der Waals surface area contributed by atoms with Crippen molar-refractivity contribution in [3.05, 3.63) is 46.5 Å². The van der Waals surface area contributed by atoms with E-state index in [-0.39, 0.29) is 39.8 Å². The van der Waals surface area contributed by atoms with E-state index in [0.29, 0.717) is 5.95 Å². The van der Waals surface area contributed by atoms with Crippen LogP contribution in [0.3, 0.4) is 0 Å². The van der Waals surface area contributed by atoms with Crippen LogP contribution in [0.25, 0.3) is 0 Å². The predicted molar refractivity (Wildman–Crippen MR) is 142 cm³/mol. The van der Waals surface area contributed by atoms with Gasteiger partial charge < -0.3 is 15.2 Å². The Kier molecular flexibility index (Phi) is 9.00. The lowest BCUT2D eigenvalue weighted by Gasteiger charge is -2.32. The van der Waals surface area contributed by atoms with Crippen LogP contribution in [-0.4, -0.2) is 40.6 Å². The highest BCUT2D eigenvalue weighted by atomic mass is 35.5. The molecule has 0 saturated heterocycles. The molecule has 35 heavy (non-hydrogen) atoms. The number of nitrogens with one attached hydrogen (secondary N) is 3. The van der Waals surface area contributed by atoms with Crippen LogP contribution in [0.15, 0.2) is 24.5 Å². The van der Waals surface area contributed by atoms with E-state index in [1.54, 1.807) is 18.3 Å². The molecule has 2 atom stereocenters. The van der Waals surface area contributed by atoms with E-state index in [1.807, 2.05) is 10.8 Å². The number of hydrogen-bond acceptors (Lipinski definition) is 4. The van der Waals surface area contributed by atoms with Crippen LogP contribution >= 0.6 is 11.6 Å².